The van der Waals surface area contributed by atoms with Crippen LogP contribution in [0, 0.1) is 13.1 Å². The molecule has 6 heteroatoms. The molecule has 5 nitrogen and oxygen atoms in total. The quantitative estimate of drug-likeness (QED) is 0.464. The number of nitrogens with zero attached hydrogens (tertiary/aromatic N) is 2. The van der Waals surface area contributed by atoms with Crippen molar-refractivity contribution in [2.75, 3.05) is 0 Å². The first-order valence-electron chi connectivity index (χ1n) is 5.74. The third-order valence-corrected chi connectivity index (χ3v) is 2.91. The van der Waals surface area contributed by atoms with Crippen molar-refractivity contribution in [2.24, 2.45) is 0 Å². The number of rotatable bonds is 1. The van der Waals surface area contributed by atoms with Gasteiger partial charge in [-0.05, 0) is 12.1 Å². The second kappa shape index (κ2) is 5.73. The minimum absolute atomic E-state index is 0. The molecule has 1 aromatic heterocycles. The molecule has 1 N–H and O–H groups in total. The van der Waals surface area contributed by atoms with Gasteiger partial charge in [-0.1, -0.05) is 23.9 Å². The first-order chi connectivity index (χ1) is 9.72. The number of H-pyrrole nitrogens is 1. The Hall–Kier alpha value is -2.71. The first-order valence-corrected chi connectivity index (χ1v) is 5.74. The van der Waals surface area contributed by atoms with Crippen LogP contribution in [-0.4, -0.2) is 0 Å². The van der Waals surface area contributed by atoms with Crippen LogP contribution in [-0.2, 0) is 0 Å². The van der Waals surface area contributed by atoms with Gasteiger partial charge in [0.15, 0.2) is 11.3 Å². The average molecular weight is 268 g/mol. The van der Waals surface area contributed by atoms with E-state index in [2.05, 4.69) is 14.7 Å². The maximum Gasteiger partial charge on any atom is 1.00 e. The van der Waals surface area contributed by atoms with Crippen LogP contribution in [0.4, 0.5) is 11.4 Å². The summed E-state index contributed by atoms with van der Waals surface area (Å²) in [5.74, 6) is 0.169. The predicted molar refractivity (Wildman–Crippen MR) is 70.2 cm³/mol. The molecular weight excluding hydrogens is 261 g/mol. The summed E-state index contributed by atoms with van der Waals surface area (Å²) in [6.45, 7) is 14.1. The molecule has 0 aliphatic heterocycles. The zero-order valence-electron chi connectivity index (χ0n) is 11.2. The zero-order chi connectivity index (χ0) is 14.1. The molecule has 2 aromatic carbocycles. The summed E-state index contributed by atoms with van der Waals surface area (Å²) in [6, 6.07) is 9.56. The van der Waals surface area contributed by atoms with Crippen molar-refractivity contribution in [3.63, 3.8) is 0 Å². The van der Waals surface area contributed by atoms with Gasteiger partial charge in [-0.2, -0.15) is 4.98 Å². The number of hydrogen-bond acceptors (Lipinski definition) is 2. The first kappa shape index (κ1) is 14.7. The van der Waals surface area contributed by atoms with Crippen molar-refractivity contribution in [1.82, 2.24) is 0 Å². The molecule has 0 unspecified atom stereocenters. The second-order valence-corrected chi connectivity index (χ2v) is 4.11. The topological polar surface area (TPSA) is 59.1 Å². The average Bonchev–Trinajstić information content (AvgIpc) is 2.88. The van der Waals surface area contributed by atoms with Gasteiger partial charge in [0.05, 0.1) is 18.7 Å². The van der Waals surface area contributed by atoms with Gasteiger partial charge in [0, 0.05) is 6.07 Å². The molecule has 1 heterocycles. The SMILES string of the molecule is [C-]#[N+]c1cc2[nH+]c(-c3ccccc3[O-])oc2cc1[N+]#[C-].[Li+]. The molecule has 0 radical (unpaired) electrons. The summed E-state index contributed by atoms with van der Waals surface area (Å²) < 4.78 is 5.58. The molecule has 0 fully saturated rings. The third-order valence-electron chi connectivity index (χ3n) is 2.91. The van der Waals surface area contributed by atoms with Crippen molar-refractivity contribution in [1.29, 1.82) is 0 Å². The van der Waals surface area contributed by atoms with Gasteiger partial charge in [0.25, 0.3) is 0 Å². The fraction of sp³-hybridized carbons (Fsp3) is 0. The summed E-state index contributed by atoms with van der Waals surface area (Å²) in [5.41, 5.74) is 1.93. The van der Waals surface area contributed by atoms with E-state index in [0.717, 1.165) is 0 Å². The van der Waals surface area contributed by atoms with Gasteiger partial charge in [-0.25, -0.2) is 9.69 Å². The maximum absolute atomic E-state index is 11.8. The Bertz CT molecular complexity index is 852. The van der Waals surface area contributed by atoms with Gasteiger partial charge in [-0.15, -0.1) is 0 Å². The number of para-hydroxylation sites is 1. The van der Waals surface area contributed by atoms with Crippen LogP contribution in [0.15, 0.2) is 40.8 Å². The van der Waals surface area contributed by atoms with Gasteiger partial charge in [0.2, 0.25) is 11.2 Å². The van der Waals surface area contributed by atoms with Crippen LogP contribution < -0.4 is 29.0 Å². The van der Waals surface area contributed by atoms with Crippen LogP contribution in [0.1, 0.15) is 0 Å². The molecule has 21 heavy (non-hydrogen) atoms. The zero-order valence-corrected chi connectivity index (χ0v) is 11.2. The van der Waals surface area contributed by atoms with Gasteiger partial charge in [0.1, 0.15) is 0 Å². The Labute approximate surface area is 132 Å². The summed E-state index contributed by atoms with van der Waals surface area (Å²) in [7, 11) is 0. The minimum Gasteiger partial charge on any atom is -0.872 e. The Morgan fingerprint density at radius 3 is 2.38 bits per heavy atom. The van der Waals surface area contributed by atoms with Crippen LogP contribution in [0.3, 0.4) is 0 Å². The minimum atomic E-state index is -0.154. The van der Waals surface area contributed by atoms with E-state index in [1.807, 2.05) is 0 Å². The Kier molecular flexibility index (Phi) is 4.01. The molecule has 0 bridgehead atoms. The van der Waals surface area contributed by atoms with Crippen LogP contribution >= 0.6 is 0 Å². The molecule has 0 saturated carbocycles. The third kappa shape index (κ3) is 2.49. The maximum atomic E-state index is 11.8. The number of fused-ring (bicyclic) bond motifs is 1. The van der Waals surface area contributed by atoms with Crippen molar-refractivity contribution < 1.29 is 33.4 Å². The van der Waals surface area contributed by atoms with Crippen molar-refractivity contribution >= 4 is 22.5 Å². The molecule has 0 amide bonds. The largest absolute Gasteiger partial charge is 1.00 e. The Balaban J connectivity index is 0.00000161. The molecule has 0 saturated heterocycles. The van der Waals surface area contributed by atoms with Crippen molar-refractivity contribution in [3.05, 3.63) is 59.2 Å². The standard InChI is InChI=1S/C15H7N3O2.Li/c1-16-10-7-12-14(8-11(10)17-2)20-15(18-12)9-5-3-4-6-13(9)19;/h3-8,19H;/q;+1. The van der Waals surface area contributed by atoms with Gasteiger partial charge >= 0.3 is 24.8 Å². The van der Waals surface area contributed by atoms with Crippen molar-refractivity contribution in [3.8, 4) is 17.2 Å². The fourth-order valence-corrected chi connectivity index (χ4v) is 1.95. The molecule has 0 spiro atoms. The summed E-state index contributed by atoms with van der Waals surface area (Å²) in [5, 5.41) is 11.8. The molecular formula is C15H7LiN3O2+. The number of nitrogens with one attached hydrogen (secondary N) is 1. The van der Waals surface area contributed by atoms with E-state index < -0.39 is 0 Å². The van der Waals surface area contributed by atoms with Gasteiger partial charge < -0.3 is 9.52 Å². The smallest absolute Gasteiger partial charge is 0.872 e. The molecule has 3 rings (SSSR count). The molecule has 3 aromatic rings. The van der Waals surface area contributed by atoms with Crippen molar-refractivity contribution in [2.45, 2.75) is 0 Å². The van der Waals surface area contributed by atoms with Crippen LogP contribution in [0.2, 0.25) is 0 Å². The van der Waals surface area contributed by atoms with E-state index in [1.54, 1.807) is 24.3 Å². The Morgan fingerprint density at radius 2 is 1.71 bits per heavy atom. The molecule has 0 atom stereocenters. The summed E-state index contributed by atoms with van der Waals surface area (Å²) in [6.07, 6.45) is 0. The van der Waals surface area contributed by atoms with E-state index in [-0.39, 0.29) is 36.0 Å². The normalized spacial score (nSPS) is 9.62. The summed E-state index contributed by atoms with van der Waals surface area (Å²) >= 11 is 0. The van der Waals surface area contributed by atoms with E-state index >= 15 is 0 Å². The van der Waals surface area contributed by atoms with E-state index in [1.165, 1.54) is 12.1 Å². The number of benzene rings is 2. The molecule has 94 valence electrons. The van der Waals surface area contributed by atoms with E-state index in [0.29, 0.717) is 22.6 Å². The predicted octanol–water partition coefficient (Wildman–Crippen LogP) is 0.0931. The number of aromatic nitrogens is 1. The van der Waals surface area contributed by atoms with E-state index in [9.17, 15) is 5.11 Å². The number of oxazole rings is 1. The van der Waals surface area contributed by atoms with Crippen LogP contribution in [0.5, 0.6) is 5.75 Å². The monoisotopic (exact) mass is 268 g/mol. The second-order valence-electron chi connectivity index (χ2n) is 4.11. The molecule has 0 aliphatic rings. The Morgan fingerprint density at radius 1 is 1.05 bits per heavy atom. The number of hydrogen-bond donors (Lipinski definition) is 0. The number of aromatic amines is 1. The molecule has 0 aliphatic carbocycles. The van der Waals surface area contributed by atoms with Crippen LogP contribution in [0.25, 0.3) is 32.2 Å². The fourth-order valence-electron chi connectivity index (χ4n) is 1.95. The van der Waals surface area contributed by atoms with E-state index in [4.69, 9.17) is 17.6 Å². The van der Waals surface area contributed by atoms with Gasteiger partial charge in [-0.3, -0.25) is 0 Å². The summed E-state index contributed by atoms with van der Waals surface area (Å²) in [4.78, 5) is 9.56.